The number of para-hydroxylation sites is 1. The van der Waals surface area contributed by atoms with Crippen LogP contribution in [0.1, 0.15) is 68.9 Å². The summed E-state index contributed by atoms with van der Waals surface area (Å²) in [7, 11) is 0. The number of fused-ring (bicyclic) bond motifs is 1. The van der Waals surface area contributed by atoms with Crippen LogP contribution in [0.3, 0.4) is 0 Å². The van der Waals surface area contributed by atoms with E-state index in [1.807, 2.05) is 36.4 Å². The summed E-state index contributed by atoms with van der Waals surface area (Å²) in [6.07, 6.45) is 6.17. The number of unbranched alkanes of at least 4 members (excludes halogenated alkanes) is 2. The van der Waals surface area contributed by atoms with Crippen LogP contribution in [-0.2, 0) is 25.5 Å². The fourth-order valence-corrected chi connectivity index (χ4v) is 5.48. The molecule has 1 saturated heterocycles. The first kappa shape index (κ1) is 26.7. The predicted molar refractivity (Wildman–Crippen MR) is 144 cm³/mol. The fourth-order valence-electron chi connectivity index (χ4n) is 5.48. The average molecular weight is 506 g/mol. The number of nitrogens with one attached hydrogen (secondary N) is 2. The van der Waals surface area contributed by atoms with Crippen LogP contribution in [0.15, 0.2) is 54.6 Å². The van der Waals surface area contributed by atoms with Gasteiger partial charge in [-0.1, -0.05) is 55.0 Å². The van der Waals surface area contributed by atoms with Gasteiger partial charge in [-0.3, -0.25) is 9.59 Å². The Morgan fingerprint density at radius 2 is 1.84 bits per heavy atom. The predicted octanol–water partition coefficient (Wildman–Crippen LogP) is 4.43. The molecule has 0 bridgehead atoms. The number of hydrogen-bond donors (Lipinski definition) is 2. The lowest BCUT2D eigenvalue weighted by atomic mass is 9.93. The highest BCUT2D eigenvalue weighted by atomic mass is 16.5. The molecule has 2 heterocycles. The van der Waals surface area contributed by atoms with Crippen molar-refractivity contribution >= 4 is 23.5 Å². The van der Waals surface area contributed by atoms with Gasteiger partial charge in [0, 0.05) is 31.1 Å². The van der Waals surface area contributed by atoms with Crippen LogP contribution in [0.5, 0.6) is 0 Å². The quantitative estimate of drug-likeness (QED) is 0.329. The van der Waals surface area contributed by atoms with Gasteiger partial charge < -0.3 is 20.3 Å². The molecule has 2 aliphatic rings. The molecule has 37 heavy (non-hydrogen) atoms. The first-order chi connectivity index (χ1) is 18.1. The molecule has 0 saturated carbocycles. The third-order valence-electron chi connectivity index (χ3n) is 7.42. The van der Waals surface area contributed by atoms with Crippen LogP contribution in [0.25, 0.3) is 0 Å². The van der Waals surface area contributed by atoms with Gasteiger partial charge in [0.2, 0.25) is 11.8 Å². The Morgan fingerprint density at radius 3 is 2.65 bits per heavy atom. The molecule has 2 N–H and O–H groups in total. The second-order valence-corrected chi connectivity index (χ2v) is 10.0. The minimum absolute atomic E-state index is 0.0268. The first-order valence-electron chi connectivity index (χ1n) is 13.7. The van der Waals surface area contributed by atoms with Gasteiger partial charge in [-0.05, 0) is 62.6 Å². The Hall–Kier alpha value is -3.35. The van der Waals surface area contributed by atoms with E-state index in [1.165, 1.54) is 5.56 Å². The van der Waals surface area contributed by atoms with Crippen molar-refractivity contribution < 1.29 is 19.1 Å². The van der Waals surface area contributed by atoms with E-state index in [4.69, 9.17) is 4.74 Å². The second-order valence-electron chi connectivity index (χ2n) is 10.0. The van der Waals surface area contributed by atoms with Gasteiger partial charge in [-0.2, -0.15) is 0 Å². The van der Waals surface area contributed by atoms with Crippen molar-refractivity contribution in [1.29, 1.82) is 0 Å². The van der Waals surface area contributed by atoms with Gasteiger partial charge in [-0.25, -0.2) is 4.79 Å². The summed E-state index contributed by atoms with van der Waals surface area (Å²) in [6, 6.07) is 17.1. The Balaban J connectivity index is 1.29. The highest BCUT2D eigenvalue weighted by Crippen LogP contribution is 2.34. The van der Waals surface area contributed by atoms with Gasteiger partial charge in [-0.15, -0.1) is 0 Å². The zero-order chi connectivity index (χ0) is 26.0. The number of ether oxygens (including phenoxy) is 1. The number of carbonyl (C=O) groups is 3. The zero-order valence-electron chi connectivity index (χ0n) is 21.8. The minimum atomic E-state index is -0.749. The number of anilines is 1. The highest BCUT2D eigenvalue weighted by molar-refractivity contribution is 5.91. The van der Waals surface area contributed by atoms with Crippen molar-refractivity contribution in [2.75, 3.05) is 25.0 Å². The summed E-state index contributed by atoms with van der Waals surface area (Å²) >= 11 is 0. The van der Waals surface area contributed by atoms with Gasteiger partial charge in [0.25, 0.3) is 0 Å². The molecule has 0 aromatic heterocycles. The van der Waals surface area contributed by atoms with Crippen LogP contribution in [0.2, 0.25) is 0 Å². The standard InChI is InChI=1S/C30H39N3O4/c1-2-37-30(36)26(20-23-21-31-25-16-10-9-15-24(23)25)32-29(35)27-17-11-19-33(27)28(34)18-8-4-7-14-22-12-5-3-6-13-22/h3,5-6,9-10,12-13,15-16,23,26-27,31H,2,4,7-8,11,14,17-21H2,1H3,(H,32,35). The van der Waals surface area contributed by atoms with E-state index in [0.29, 0.717) is 32.4 Å². The number of benzene rings is 2. The summed E-state index contributed by atoms with van der Waals surface area (Å²) < 4.78 is 5.29. The maximum absolute atomic E-state index is 13.3. The molecule has 0 radical (unpaired) electrons. The van der Waals surface area contributed by atoms with Crippen molar-refractivity contribution in [1.82, 2.24) is 10.2 Å². The van der Waals surface area contributed by atoms with Crippen LogP contribution in [-0.4, -0.2) is 54.5 Å². The maximum Gasteiger partial charge on any atom is 0.328 e. The molecule has 0 spiro atoms. The molecule has 7 heteroatoms. The van der Waals surface area contributed by atoms with Gasteiger partial charge in [0.1, 0.15) is 12.1 Å². The third kappa shape index (κ3) is 7.12. The third-order valence-corrected chi connectivity index (χ3v) is 7.42. The minimum Gasteiger partial charge on any atom is -0.464 e. The topological polar surface area (TPSA) is 87.7 Å². The van der Waals surface area contributed by atoms with E-state index in [-0.39, 0.29) is 24.3 Å². The van der Waals surface area contributed by atoms with Crippen molar-refractivity contribution in [2.24, 2.45) is 0 Å². The fraction of sp³-hybridized carbons (Fsp3) is 0.500. The summed E-state index contributed by atoms with van der Waals surface area (Å²) in [4.78, 5) is 40.8. The lowest BCUT2D eigenvalue weighted by Gasteiger charge is -2.27. The number of esters is 1. The maximum atomic E-state index is 13.3. The number of aryl methyl sites for hydroxylation is 1. The molecule has 2 aromatic carbocycles. The summed E-state index contributed by atoms with van der Waals surface area (Å²) in [5.74, 6) is -0.552. The number of nitrogens with zero attached hydrogens (tertiary/aromatic N) is 1. The van der Waals surface area contributed by atoms with Crippen molar-refractivity contribution in [2.45, 2.75) is 76.3 Å². The number of likely N-dealkylation sites (tertiary alicyclic amines) is 1. The molecule has 2 amide bonds. The van der Waals surface area contributed by atoms with Crippen LogP contribution in [0, 0.1) is 0 Å². The lowest BCUT2D eigenvalue weighted by Crippen LogP contribution is -2.51. The number of carbonyl (C=O) groups excluding carboxylic acids is 3. The average Bonchev–Trinajstić information content (AvgIpc) is 3.57. The first-order valence-corrected chi connectivity index (χ1v) is 13.7. The smallest absolute Gasteiger partial charge is 0.328 e. The number of amides is 2. The molecule has 4 rings (SSSR count). The van der Waals surface area contributed by atoms with Gasteiger partial charge in [0.05, 0.1) is 6.61 Å². The van der Waals surface area contributed by atoms with Gasteiger partial charge >= 0.3 is 5.97 Å². The number of hydrogen-bond acceptors (Lipinski definition) is 5. The molecule has 0 aliphatic carbocycles. The molecule has 198 valence electrons. The summed E-state index contributed by atoms with van der Waals surface area (Å²) in [5, 5.41) is 6.32. The van der Waals surface area contributed by atoms with Crippen molar-refractivity contribution in [3.8, 4) is 0 Å². The normalized spacial score (nSPS) is 19.1. The van der Waals surface area contributed by atoms with E-state index in [0.717, 1.165) is 43.4 Å². The zero-order valence-corrected chi connectivity index (χ0v) is 21.8. The van der Waals surface area contributed by atoms with Crippen LogP contribution >= 0.6 is 0 Å². The highest BCUT2D eigenvalue weighted by Gasteiger charge is 2.37. The molecule has 2 aromatic rings. The monoisotopic (exact) mass is 505 g/mol. The summed E-state index contributed by atoms with van der Waals surface area (Å²) in [5.41, 5.74) is 3.53. The van der Waals surface area contributed by atoms with Crippen LogP contribution in [0.4, 0.5) is 5.69 Å². The van der Waals surface area contributed by atoms with Crippen molar-refractivity contribution in [3.63, 3.8) is 0 Å². The van der Waals surface area contributed by atoms with E-state index in [9.17, 15) is 14.4 Å². The van der Waals surface area contributed by atoms with Crippen LogP contribution < -0.4 is 10.6 Å². The second kappa shape index (κ2) is 13.3. The largest absolute Gasteiger partial charge is 0.464 e. The molecule has 3 atom stereocenters. The van der Waals surface area contributed by atoms with Gasteiger partial charge in [0.15, 0.2) is 0 Å². The SMILES string of the molecule is CCOC(=O)C(CC1CNc2ccccc21)NC(=O)C1CCCN1C(=O)CCCCCc1ccccc1. The van der Waals surface area contributed by atoms with Crippen molar-refractivity contribution in [3.05, 3.63) is 65.7 Å². The van der Waals surface area contributed by atoms with E-state index < -0.39 is 18.1 Å². The number of rotatable bonds is 12. The molecule has 3 unspecified atom stereocenters. The Bertz CT molecular complexity index is 1060. The molecular weight excluding hydrogens is 466 g/mol. The van der Waals surface area contributed by atoms with E-state index >= 15 is 0 Å². The Kier molecular flexibility index (Phi) is 9.58. The van der Waals surface area contributed by atoms with E-state index in [2.05, 4.69) is 28.8 Å². The molecule has 2 aliphatic heterocycles. The Labute approximate surface area is 220 Å². The molecular formula is C30H39N3O4. The molecule has 1 fully saturated rings. The lowest BCUT2D eigenvalue weighted by molar-refractivity contribution is -0.148. The summed E-state index contributed by atoms with van der Waals surface area (Å²) in [6.45, 7) is 3.32. The Morgan fingerprint density at radius 1 is 1.05 bits per heavy atom. The van der Waals surface area contributed by atoms with E-state index in [1.54, 1.807) is 11.8 Å². The molecule has 7 nitrogen and oxygen atoms in total.